The highest BCUT2D eigenvalue weighted by Gasteiger charge is 2.26. The Morgan fingerprint density at radius 3 is 2.50 bits per heavy atom. The van der Waals surface area contributed by atoms with E-state index >= 15 is 0 Å². The molecule has 0 N–H and O–H groups in total. The van der Waals surface area contributed by atoms with Crippen LogP contribution in [0.2, 0.25) is 0 Å². The summed E-state index contributed by atoms with van der Waals surface area (Å²) in [7, 11) is 0. The number of hydrogen-bond acceptors (Lipinski definition) is 2. The number of carbonyl (C=O) groups is 1. The molecule has 1 aliphatic heterocycles. The van der Waals surface area contributed by atoms with E-state index in [0.717, 1.165) is 16.9 Å². The van der Waals surface area contributed by atoms with Gasteiger partial charge in [-0.15, -0.1) is 0 Å². The van der Waals surface area contributed by atoms with E-state index in [4.69, 9.17) is 4.74 Å². The van der Waals surface area contributed by atoms with Crippen LogP contribution in [0.3, 0.4) is 0 Å². The van der Waals surface area contributed by atoms with E-state index in [1.54, 1.807) is 0 Å². The highest BCUT2D eigenvalue weighted by molar-refractivity contribution is 5.98. The lowest BCUT2D eigenvalue weighted by Gasteiger charge is -2.16. The molecule has 0 saturated carbocycles. The van der Waals surface area contributed by atoms with Gasteiger partial charge in [0.05, 0.1) is 6.54 Å². The van der Waals surface area contributed by atoms with E-state index in [9.17, 15) is 4.79 Å². The standard InChI is InChI=1S/C19H21NO2/c1-14(2)15-7-9-17(10-8-15)22-12-11-20-13-16-5-3-4-6-18(16)19(20)21/h3-10,14H,11-13H2,1-2H3. The molecule has 1 amide bonds. The van der Waals surface area contributed by atoms with E-state index in [2.05, 4.69) is 26.0 Å². The Balaban J connectivity index is 1.53. The van der Waals surface area contributed by atoms with Crippen LogP contribution in [0.25, 0.3) is 0 Å². The second-order valence-electron chi connectivity index (χ2n) is 5.96. The predicted octanol–water partition coefficient (Wildman–Crippen LogP) is 3.84. The summed E-state index contributed by atoms with van der Waals surface area (Å²) in [5, 5.41) is 0. The highest BCUT2D eigenvalue weighted by Crippen LogP contribution is 2.22. The second kappa shape index (κ2) is 6.22. The van der Waals surface area contributed by atoms with Crippen molar-refractivity contribution in [1.82, 2.24) is 4.90 Å². The molecule has 1 heterocycles. The van der Waals surface area contributed by atoms with Crippen LogP contribution >= 0.6 is 0 Å². The number of benzene rings is 2. The summed E-state index contributed by atoms with van der Waals surface area (Å²) in [6.07, 6.45) is 0. The van der Waals surface area contributed by atoms with Crippen LogP contribution in [0, 0.1) is 0 Å². The van der Waals surface area contributed by atoms with Gasteiger partial charge in [-0.2, -0.15) is 0 Å². The van der Waals surface area contributed by atoms with Gasteiger partial charge in [0.25, 0.3) is 5.91 Å². The fourth-order valence-electron chi connectivity index (χ4n) is 2.72. The Hall–Kier alpha value is -2.29. The van der Waals surface area contributed by atoms with Crippen molar-refractivity contribution in [2.75, 3.05) is 13.2 Å². The average molecular weight is 295 g/mol. The van der Waals surface area contributed by atoms with Gasteiger partial charge < -0.3 is 9.64 Å². The molecular formula is C19H21NO2. The minimum atomic E-state index is 0.106. The van der Waals surface area contributed by atoms with E-state index in [1.807, 2.05) is 41.3 Å². The topological polar surface area (TPSA) is 29.5 Å². The number of amides is 1. The van der Waals surface area contributed by atoms with Gasteiger partial charge >= 0.3 is 0 Å². The third-order valence-electron chi connectivity index (χ3n) is 4.07. The van der Waals surface area contributed by atoms with E-state index in [0.29, 0.717) is 25.6 Å². The van der Waals surface area contributed by atoms with Gasteiger partial charge in [0.15, 0.2) is 0 Å². The van der Waals surface area contributed by atoms with Crippen LogP contribution in [0.5, 0.6) is 5.75 Å². The van der Waals surface area contributed by atoms with Crippen LogP contribution in [-0.2, 0) is 6.54 Å². The molecule has 0 fully saturated rings. The van der Waals surface area contributed by atoms with Crippen LogP contribution in [-0.4, -0.2) is 24.0 Å². The maximum absolute atomic E-state index is 12.2. The van der Waals surface area contributed by atoms with Gasteiger partial charge in [0, 0.05) is 12.1 Å². The summed E-state index contributed by atoms with van der Waals surface area (Å²) in [6.45, 7) is 6.16. The van der Waals surface area contributed by atoms with Crippen molar-refractivity contribution in [2.45, 2.75) is 26.3 Å². The zero-order chi connectivity index (χ0) is 15.5. The summed E-state index contributed by atoms with van der Waals surface area (Å²) in [4.78, 5) is 14.1. The molecule has 2 aromatic carbocycles. The Morgan fingerprint density at radius 2 is 1.82 bits per heavy atom. The third kappa shape index (κ3) is 2.98. The van der Waals surface area contributed by atoms with Gasteiger partial charge in [-0.25, -0.2) is 0 Å². The number of fused-ring (bicyclic) bond motifs is 1. The molecule has 0 aliphatic carbocycles. The number of rotatable bonds is 5. The van der Waals surface area contributed by atoms with Crippen LogP contribution in [0.1, 0.15) is 41.3 Å². The van der Waals surface area contributed by atoms with Crippen LogP contribution in [0.4, 0.5) is 0 Å². The first kappa shape index (κ1) is 14.6. The molecule has 3 rings (SSSR count). The zero-order valence-electron chi connectivity index (χ0n) is 13.1. The van der Waals surface area contributed by atoms with Crippen molar-refractivity contribution in [3.63, 3.8) is 0 Å². The first-order valence-corrected chi connectivity index (χ1v) is 7.75. The lowest BCUT2D eigenvalue weighted by Crippen LogP contribution is -2.28. The zero-order valence-corrected chi connectivity index (χ0v) is 13.1. The molecule has 114 valence electrons. The minimum Gasteiger partial charge on any atom is -0.492 e. The van der Waals surface area contributed by atoms with Crippen molar-refractivity contribution >= 4 is 5.91 Å². The minimum absolute atomic E-state index is 0.106. The fourth-order valence-corrected chi connectivity index (χ4v) is 2.72. The smallest absolute Gasteiger partial charge is 0.254 e. The van der Waals surface area contributed by atoms with Crippen molar-refractivity contribution < 1.29 is 9.53 Å². The lowest BCUT2D eigenvalue weighted by molar-refractivity contribution is 0.0753. The number of ether oxygens (including phenoxy) is 1. The summed E-state index contributed by atoms with van der Waals surface area (Å²) in [6, 6.07) is 16.0. The second-order valence-corrected chi connectivity index (χ2v) is 5.96. The van der Waals surface area contributed by atoms with E-state index < -0.39 is 0 Å². The summed E-state index contributed by atoms with van der Waals surface area (Å²) < 4.78 is 5.76. The van der Waals surface area contributed by atoms with Crippen molar-refractivity contribution in [3.8, 4) is 5.75 Å². The largest absolute Gasteiger partial charge is 0.492 e. The molecule has 0 aromatic heterocycles. The maximum atomic E-state index is 12.2. The lowest BCUT2D eigenvalue weighted by atomic mass is 10.0. The average Bonchev–Trinajstić information content (AvgIpc) is 2.85. The molecule has 0 spiro atoms. The Morgan fingerprint density at radius 1 is 1.09 bits per heavy atom. The first-order valence-electron chi connectivity index (χ1n) is 7.75. The molecule has 0 saturated heterocycles. The number of hydrogen-bond donors (Lipinski definition) is 0. The molecular weight excluding hydrogens is 274 g/mol. The first-order chi connectivity index (χ1) is 10.6. The van der Waals surface area contributed by atoms with Gasteiger partial charge in [0.2, 0.25) is 0 Å². The Kier molecular flexibility index (Phi) is 4.14. The molecule has 1 aliphatic rings. The van der Waals surface area contributed by atoms with Crippen LogP contribution < -0.4 is 4.74 Å². The molecule has 0 radical (unpaired) electrons. The van der Waals surface area contributed by atoms with E-state index in [-0.39, 0.29) is 5.91 Å². The normalized spacial score (nSPS) is 13.6. The number of carbonyl (C=O) groups excluding carboxylic acids is 1. The molecule has 0 unspecified atom stereocenters. The highest BCUT2D eigenvalue weighted by atomic mass is 16.5. The summed E-state index contributed by atoms with van der Waals surface area (Å²) in [5.41, 5.74) is 3.23. The third-order valence-corrected chi connectivity index (χ3v) is 4.07. The monoisotopic (exact) mass is 295 g/mol. The molecule has 0 bridgehead atoms. The fraction of sp³-hybridized carbons (Fsp3) is 0.316. The maximum Gasteiger partial charge on any atom is 0.254 e. The van der Waals surface area contributed by atoms with Crippen LogP contribution in [0.15, 0.2) is 48.5 Å². The Labute approximate surface area is 131 Å². The van der Waals surface area contributed by atoms with Gasteiger partial charge in [-0.3, -0.25) is 4.79 Å². The summed E-state index contributed by atoms with van der Waals surface area (Å²) in [5.74, 6) is 1.48. The molecule has 3 nitrogen and oxygen atoms in total. The SMILES string of the molecule is CC(C)c1ccc(OCCN2Cc3ccccc3C2=O)cc1. The quantitative estimate of drug-likeness (QED) is 0.838. The van der Waals surface area contributed by atoms with Gasteiger partial charge in [-0.1, -0.05) is 44.2 Å². The summed E-state index contributed by atoms with van der Waals surface area (Å²) >= 11 is 0. The predicted molar refractivity (Wildman–Crippen MR) is 87.2 cm³/mol. The van der Waals surface area contributed by atoms with E-state index in [1.165, 1.54) is 5.56 Å². The van der Waals surface area contributed by atoms with Crippen molar-refractivity contribution in [1.29, 1.82) is 0 Å². The Bertz CT molecular complexity index is 661. The molecule has 2 aromatic rings. The molecule has 3 heteroatoms. The molecule has 0 atom stereocenters. The molecule has 22 heavy (non-hydrogen) atoms. The van der Waals surface area contributed by atoms with Crippen molar-refractivity contribution in [2.24, 2.45) is 0 Å². The van der Waals surface area contributed by atoms with Gasteiger partial charge in [0.1, 0.15) is 12.4 Å². The number of nitrogens with zero attached hydrogens (tertiary/aromatic N) is 1. The van der Waals surface area contributed by atoms with Crippen molar-refractivity contribution in [3.05, 3.63) is 65.2 Å². The van der Waals surface area contributed by atoms with Gasteiger partial charge in [-0.05, 0) is 35.2 Å².